The largest absolute Gasteiger partial charge is 0.477 e. The van der Waals surface area contributed by atoms with E-state index in [1.54, 1.807) is 23.2 Å². The van der Waals surface area contributed by atoms with Crippen molar-refractivity contribution in [3.05, 3.63) is 53.7 Å². The van der Waals surface area contributed by atoms with Crippen LogP contribution in [0, 0.1) is 0 Å². The van der Waals surface area contributed by atoms with Crippen LogP contribution in [0.1, 0.15) is 29.8 Å². The first-order chi connectivity index (χ1) is 14.1. The summed E-state index contributed by atoms with van der Waals surface area (Å²) in [5.41, 5.74) is 2.48. The van der Waals surface area contributed by atoms with Crippen molar-refractivity contribution in [3.8, 4) is 5.88 Å². The fourth-order valence-electron chi connectivity index (χ4n) is 3.43. The number of hydrogen-bond donors (Lipinski definition) is 1. The molecule has 0 unspecified atom stereocenters. The number of hydrogen-bond acceptors (Lipinski definition) is 5. The number of amides is 2. The molecule has 2 aromatic rings. The Kier molecular flexibility index (Phi) is 7.19. The predicted octanol–water partition coefficient (Wildman–Crippen LogP) is 2.44. The van der Waals surface area contributed by atoms with E-state index in [0.29, 0.717) is 50.8 Å². The maximum absolute atomic E-state index is 12.8. The number of anilines is 1. The van der Waals surface area contributed by atoms with E-state index < -0.39 is 0 Å². The first-order valence-corrected chi connectivity index (χ1v) is 10.1. The molecule has 2 heterocycles. The lowest BCUT2D eigenvalue weighted by Crippen LogP contribution is -2.50. The SMILES string of the molecule is CCOc1ncccc1C(=O)N1CCN(CC(=O)Nc2ccccc2CC)CC1. The molecule has 0 radical (unpaired) electrons. The van der Waals surface area contributed by atoms with Gasteiger partial charge in [-0.2, -0.15) is 0 Å². The molecule has 1 aromatic heterocycles. The molecule has 1 aliphatic rings. The van der Waals surface area contributed by atoms with E-state index in [1.165, 1.54) is 0 Å². The van der Waals surface area contributed by atoms with Gasteiger partial charge in [0.05, 0.1) is 13.2 Å². The van der Waals surface area contributed by atoms with Crippen LogP contribution < -0.4 is 10.1 Å². The summed E-state index contributed by atoms with van der Waals surface area (Å²) in [6.45, 7) is 7.15. The zero-order valence-electron chi connectivity index (χ0n) is 17.1. The first kappa shape index (κ1) is 20.8. The summed E-state index contributed by atoms with van der Waals surface area (Å²) in [4.78, 5) is 33.3. The third kappa shape index (κ3) is 5.32. The second kappa shape index (κ2) is 10.0. The lowest BCUT2D eigenvalue weighted by molar-refractivity contribution is -0.117. The van der Waals surface area contributed by atoms with Crippen molar-refractivity contribution in [2.24, 2.45) is 0 Å². The van der Waals surface area contributed by atoms with Gasteiger partial charge in [-0.1, -0.05) is 25.1 Å². The van der Waals surface area contributed by atoms with Crippen molar-refractivity contribution in [2.45, 2.75) is 20.3 Å². The smallest absolute Gasteiger partial charge is 0.259 e. The average Bonchev–Trinajstić information content (AvgIpc) is 2.75. The van der Waals surface area contributed by atoms with Gasteiger partial charge in [0.2, 0.25) is 11.8 Å². The van der Waals surface area contributed by atoms with Crippen LogP contribution in [0.5, 0.6) is 5.88 Å². The Morgan fingerprint density at radius 1 is 1.07 bits per heavy atom. The van der Waals surface area contributed by atoms with Gasteiger partial charge in [0.15, 0.2) is 0 Å². The highest BCUT2D eigenvalue weighted by Crippen LogP contribution is 2.18. The molecule has 7 heteroatoms. The van der Waals surface area contributed by atoms with Crippen molar-refractivity contribution in [2.75, 3.05) is 44.6 Å². The molecule has 0 spiro atoms. The monoisotopic (exact) mass is 396 g/mol. The van der Waals surface area contributed by atoms with E-state index in [4.69, 9.17) is 4.74 Å². The fraction of sp³-hybridized carbons (Fsp3) is 0.409. The molecule has 1 N–H and O–H groups in total. The van der Waals surface area contributed by atoms with Gasteiger partial charge in [0.1, 0.15) is 5.56 Å². The maximum Gasteiger partial charge on any atom is 0.259 e. The molecule has 1 fully saturated rings. The van der Waals surface area contributed by atoms with E-state index in [2.05, 4.69) is 22.1 Å². The number of nitrogens with one attached hydrogen (secondary N) is 1. The lowest BCUT2D eigenvalue weighted by atomic mass is 10.1. The lowest BCUT2D eigenvalue weighted by Gasteiger charge is -2.34. The van der Waals surface area contributed by atoms with Crippen LogP contribution in [-0.4, -0.2) is 65.9 Å². The van der Waals surface area contributed by atoms with Crippen molar-refractivity contribution < 1.29 is 14.3 Å². The second-order valence-electron chi connectivity index (χ2n) is 6.92. The minimum absolute atomic E-state index is 0.0310. The number of para-hydroxylation sites is 1. The Labute approximate surface area is 171 Å². The van der Waals surface area contributed by atoms with E-state index in [9.17, 15) is 9.59 Å². The molecule has 7 nitrogen and oxygen atoms in total. The fourth-order valence-corrected chi connectivity index (χ4v) is 3.43. The molecule has 1 aliphatic heterocycles. The van der Waals surface area contributed by atoms with Gasteiger partial charge in [0, 0.05) is 38.1 Å². The molecular formula is C22H28N4O3. The topological polar surface area (TPSA) is 74.8 Å². The number of carbonyl (C=O) groups is 2. The van der Waals surface area contributed by atoms with Crippen LogP contribution in [0.3, 0.4) is 0 Å². The molecule has 2 amide bonds. The number of nitrogens with zero attached hydrogens (tertiary/aromatic N) is 3. The molecule has 154 valence electrons. The number of aryl methyl sites for hydroxylation is 1. The van der Waals surface area contributed by atoms with Crippen LogP contribution >= 0.6 is 0 Å². The number of piperazine rings is 1. The Balaban J connectivity index is 1.53. The molecular weight excluding hydrogens is 368 g/mol. The minimum atomic E-state index is -0.0810. The molecule has 1 aromatic carbocycles. The summed E-state index contributed by atoms with van der Waals surface area (Å²) in [6.07, 6.45) is 2.49. The number of ether oxygens (including phenoxy) is 1. The van der Waals surface area contributed by atoms with Crippen molar-refractivity contribution in [1.29, 1.82) is 0 Å². The van der Waals surface area contributed by atoms with Gasteiger partial charge in [0.25, 0.3) is 5.91 Å². The van der Waals surface area contributed by atoms with Crippen molar-refractivity contribution in [1.82, 2.24) is 14.8 Å². The Bertz CT molecular complexity index is 847. The molecule has 3 rings (SSSR count). The minimum Gasteiger partial charge on any atom is -0.477 e. The van der Waals surface area contributed by atoms with E-state index >= 15 is 0 Å². The maximum atomic E-state index is 12.8. The normalized spacial score (nSPS) is 14.5. The summed E-state index contributed by atoms with van der Waals surface area (Å²) in [5, 5.41) is 3.00. The van der Waals surface area contributed by atoms with Gasteiger partial charge < -0.3 is 15.0 Å². The Morgan fingerprint density at radius 2 is 1.83 bits per heavy atom. The third-order valence-electron chi connectivity index (χ3n) is 4.98. The number of aromatic nitrogens is 1. The van der Waals surface area contributed by atoms with E-state index in [0.717, 1.165) is 17.7 Å². The van der Waals surface area contributed by atoms with Crippen LogP contribution in [0.15, 0.2) is 42.6 Å². The van der Waals surface area contributed by atoms with Crippen molar-refractivity contribution in [3.63, 3.8) is 0 Å². The highest BCUT2D eigenvalue weighted by molar-refractivity contribution is 5.96. The van der Waals surface area contributed by atoms with Crippen LogP contribution in [0.25, 0.3) is 0 Å². The third-order valence-corrected chi connectivity index (χ3v) is 4.98. The van der Waals surface area contributed by atoms with Crippen molar-refractivity contribution >= 4 is 17.5 Å². The summed E-state index contributed by atoms with van der Waals surface area (Å²) in [7, 11) is 0. The van der Waals surface area contributed by atoms with Gasteiger partial charge in [-0.25, -0.2) is 4.98 Å². The zero-order chi connectivity index (χ0) is 20.6. The Hall–Kier alpha value is -2.93. The van der Waals surface area contributed by atoms with Crippen LogP contribution in [0.4, 0.5) is 5.69 Å². The standard InChI is InChI=1S/C22H28N4O3/c1-3-17-8-5-6-10-19(17)24-20(27)16-25-12-14-26(15-13-25)22(28)18-9-7-11-23-21(18)29-4-2/h5-11H,3-4,12-16H2,1-2H3,(H,24,27). The number of carbonyl (C=O) groups excluding carboxylic acids is 2. The molecule has 0 aliphatic carbocycles. The van der Waals surface area contributed by atoms with Crippen LogP contribution in [0.2, 0.25) is 0 Å². The van der Waals surface area contributed by atoms with Gasteiger partial charge in [-0.15, -0.1) is 0 Å². The first-order valence-electron chi connectivity index (χ1n) is 10.1. The zero-order valence-corrected chi connectivity index (χ0v) is 17.1. The van der Waals surface area contributed by atoms with Gasteiger partial charge >= 0.3 is 0 Å². The molecule has 0 atom stereocenters. The second-order valence-corrected chi connectivity index (χ2v) is 6.92. The number of pyridine rings is 1. The quantitative estimate of drug-likeness (QED) is 0.778. The number of benzene rings is 1. The summed E-state index contributed by atoms with van der Waals surface area (Å²) >= 11 is 0. The average molecular weight is 396 g/mol. The van der Waals surface area contributed by atoms with Gasteiger partial charge in [-0.3, -0.25) is 14.5 Å². The molecule has 0 saturated carbocycles. The summed E-state index contributed by atoms with van der Waals surface area (Å²) < 4.78 is 5.48. The highest BCUT2D eigenvalue weighted by atomic mass is 16.5. The van der Waals surface area contributed by atoms with Crippen LogP contribution in [-0.2, 0) is 11.2 Å². The molecule has 0 bridgehead atoms. The molecule has 1 saturated heterocycles. The highest BCUT2D eigenvalue weighted by Gasteiger charge is 2.25. The predicted molar refractivity (Wildman–Crippen MR) is 112 cm³/mol. The molecule has 29 heavy (non-hydrogen) atoms. The van der Waals surface area contributed by atoms with E-state index in [1.807, 2.05) is 31.2 Å². The summed E-state index contributed by atoms with van der Waals surface area (Å²) in [5.74, 6) is 0.260. The Morgan fingerprint density at radius 3 is 2.55 bits per heavy atom. The van der Waals surface area contributed by atoms with Gasteiger partial charge in [-0.05, 0) is 37.1 Å². The number of rotatable bonds is 7. The summed E-state index contributed by atoms with van der Waals surface area (Å²) in [6, 6.07) is 11.3. The van der Waals surface area contributed by atoms with E-state index in [-0.39, 0.29) is 11.8 Å².